The lowest BCUT2D eigenvalue weighted by molar-refractivity contribution is -0.139. The molecule has 2 rings (SSSR count). The van der Waals surface area contributed by atoms with Gasteiger partial charge in [-0.05, 0) is 42.5 Å². The molecule has 0 spiro atoms. The van der Waals surface area contributed by atoms with Gasteiger partial charge in [-0.15, -0.1) is 0 Å². The average molecular weight is 347 g/mol. The normalized spacial score (nSPS) is 12.0. The highest BCUT2D eigenvalue weighted by molar-refractivity contribution is 9.10. The number of carboxylic acids is 1. The first-order valence-electron chi connectivity index (χ1n) is 7.19. The highest BCUT2D eigenvalue weighted by atomic mass is 79.9. The van der Waals surface area contributed by atoms with Crippen LogP contribution in [0.15, 0.2) is 59.1 Å². The molecule has 2 nitrogen and oxygen atoms in total. The molecule has 110 valence electrons. The van der Waals surface area contributed by atoms with Crippen LogP contribution >= 0.6 is 15.9 Å². The average Bonchev–Trinajstić information content (AvgIpc) is 2.48. The van der Waals surface area contributed by atoms with Gasteiger partial charge in [0.2, 0.25) is 0 Å². The van der Waals surface area contributed by atoms with Crippen molar-refractivity contribution >= 4 is 21.9 Å². The smallest absolute Gasteiger partial charge is 0.310 e. The monoisotopic (exact) mass is 346 g/mol. The minimum absolute atomic E-state index is 0.418. The van der Waals surface area contributed by atoms with Crippen LogP contribution in [0.1, 0.15) is 36.3 Å². The minimum atomic E-state index is -0.743. The molecule has 2 aromatic rings. The van der Waals surface area contributed by atoms with Gasteiger partial charge in [0.15, 0.2) is 0 Å². The summed E-state index contributed by atoms with van der Waals surface area (Å²) < 4.78 is 0.926. The number of unbranched alkanes of at least 4 members (excludes halogenated alkanes) is 1. The Morgan fingerprint density at radius 1 is 1.05 bits per heavy atom. The van der Waals surface area contributed by atoms with Crippen molar-refractivity contribution in [3.8, 4) is 0 Å². The largest absolute Gasteiger partial charge is 0.481 e. The molecule has 0 aliphatic heterocycles. The van der Waals surface area contributed by atoms with E-state index in [-0.39, 0.29) is 0 Å². The molecular weight excluding hydrogens is 328 g/mol. The van der Waals surface area contributed by atoms with Crippen molar-refractivity contribution in [1.82, 2.24) is 0 Å². The molecule has 0 radical (unpaired) electrons. The third-order valence-corrected chi connectivity index (χ3v) is 4.09. The zero-order valence-electron chi connectivity index (χ0n) is 11.8. The maximum Gasteiger partial charge on any atom is 0.310 e. The van der Waals surface area contributed by atoms with Crippen molar-refractivity contribution in [2.24, 2.45) is 0 Å². The Hall–Kier alpha value is -1.61. The second-order valence-corrected chi connectivity index (χ2v) is 6.09. The van der Waals surface area contributed by atoms with E-state index >= 15 is 0 Å². The molecule has 0 saturated carbocycles. The van der Waals surface area contributed by atoms with Crippen LogP contribution in [-0.4, -0.2) is 11.1 Å². The first kappa shape index (κ1) is 15.8. The number of aliphatic carboxylic acids is 1. The van der Waals surface area contributed by atoms with Crippen LogP contribution in [0.25, 0.3) is 0 Å². The molecule has 3 heteroatoms. The van der Waals surface area contributed by atoms with Crippen molar-refractivity contribution in [3.63, 3.8) is 0 Å². The van der Waals surface area contributed by atoms with E-state index in [1.165, 1.54) is 5.56 Å². The fourth-order valence-electron chi connectivity index (χ4n) is 2.48. The van der Waals surface area contributed by atoms with Gasteiger partial charge in [0.1, 0.15) is 0 Å². The van der Waals surface area contributed by atoms with Gasteiger partial charge in [-0.1, -0.05) is 64.8 Å². The predicted molar refractivity (Wildman–Crippen MR) is 88.5 cm³/mol. The summed E-state index contributed by atoms with van der Waals surface area (Å²) in [7, 11) is 0. The summed E-state index contributed by atoms with van der Waals surface area (Å²) in [6.45, 7) is 0. The standard InChI is InChI=1S/C18H19BrO2/c19-16-11-6-10-15(13-16)17(18(20)21)12-5-4-9-14-7-2-1-3-8-14/h1-3,6-8,10-11,13,17H,4-5,9,12H2,(H,20,21). The van der Waals surface area contributed by atoms with Crippen LogP contribution < -0.4 is 0 Å². The minimum Gasteiger partial charge on any atom is -0.481 e. The van der Waals surface area contributed by atoms with E-state index in [2.05, 4.69) is 28.1 Å². The third kappa shape index (κ3) is 5.01. The van der Waals surface area contributed by atoms with Crippen LogP contribution in [0.4, 0.5) is 0 Å². The van der Waals surface area contributed by atoms with Crippen LogP contribution in [0, 0.1) is 0 Å². The van der Waals surface area contributed by atoms with Gasteiger partial charge in [0.05, 0.1) is 5.92 Å². The molecule has 0 aliphatic rings. The highest BCUT2D eigenvalue weighted by Crippen LogP contribution is 2.25. The SMILES string of the molecule is O=C(O)C(CCCCc1ccccc1)c1cccc(Br)c1. The summed E-state index contributed by atoms with van der Waals surface area (Å²) in [6, 6.07) is 17.9. The number of carbonyl (C=O) groups is 1. The van der Waals surface area contributed by atoms with E-state index in [1.807, 2.05) is 42.5 Å². The van der Waals surface area contributed by atoms with Gasteiger partial charge in [0, 0.05) is 4.47 Å². The molecule has 0 heterocycles. The Balaban J connectivity index is 1.88. The first-order valence-corrected chi connectivity index (χ1v) is 7.98. The lowest BCUT2D eigenvalue weighted by Crippen LogP contribution is -2.11. The number of halogens is 1. The second kappa shape index (κ2) is 7.99. The van der Waals surface area contributed by atoms with Crippen molar-refractivity contribution in [3.05, 3.63) is 70.2 Å². The zero-order valence-corrected chi connectivity index (χ0v) is 13.4. The third-order valence-electron chi connectivity index (χ3n) is 3.60. The van der Waals surface area contributed by atoms with Gasteiger partial charge < -0.3 is 5.11 Å². The number of hydrogen-bond donors (Lipinski definition) is 1. The van der Waals surface area contributed by atoms with Gasteiger partial charge in [-0.2, -0.15) is 0 Å². The van der Waals surface area contributed by atoms with Crippen LogP contribution in [0.3, 0.4) is 0 Å². The maximum atomic E-state index is 11.5. The van der Waals surface area contributed by atoms with E-state index in [1.54, 1.807) is 0 Å². The fourth-order valence-corrected chi connectivity index (χ4v) is 2.90. The topological polar surface area (TPSA) is 37.3 Å². The van der Waals surface area contributed by atoms with Gasteiger partial charge >= 0.3 is 5.97 Å². The molecule has 0 aromatic heterocycles. The molecular formula is C18H19BrO2. The number of carboxylic acid groups (broad SMARTS) is 1. The number of hydrogen-bond acceptors (Lipinski definition) is 1. The maximum absolute atomic E-state index is 11.5. The fraction of sp³-hybridized carbons (Fsp3) is 0.278. The number of rotatable bonds is 7. The molecule has 0 aliphatic carbocycles. The lowest BCUT2D eigenvalue weighted by atomic mass is 9.93. The van der Waals surface area contributed by atoms with Gasteiger partial charge in [-0.25, -0.2) is 0 Å². The van der Waals surface area contributed by atoms with E-state index in [4.69, 9.17) is 0 Å². The highest BCUT2D eigenvalue weighted by Gasteiger charge is 2.19. The lowest BCUT2D eigenvalue weighted by Gasteiger charge is -2.13. The molecule has 0 saturated heterocycles. The molecule has 0 bridgehead atoms. The van der Waals surface area contributed by atoms with Crippen LogP contribution in [0.2, 0.25) is 0 Å². The summed E-state index contributed by atoms with van der Waals surface area (Å²) in [5.74, 6) is -1.16. The Bertz CT molecular complexity index is 581. The van der Waals surface area contributed by atoms with Gasteiger partial charge in [0.25, 0.3) is 0 Å². The zero-order chi connectivity index (χ0) is 15.1. The van der Waals surface area contributed by atoms with Crippen LogP contribution in [0.5, 0.6) is 0 Å². The van der Waals surface area contributed by atoms with Crippen molar-refractivity contribution in [2.75, 3.05) is 0 Å². The Labute approximate surface area is 134 Å². The molecule has 0 fully saturated rings. The number of benzene rings is 2. The summed E-state index contributed by atoms with van der Waals surface area (Å²) in [5.41, 5.74) is 2.18. The Morgan fingerprint density at radius 2 is 1.81 bits per heavy atom. The Kier molecular flexibility index (Phi) is 6.00. The van der Waals surface area contributed by atoms with Crippen molar-refractivity contribution in [2.45, 2.75) is 31.6 Å². The molecule has 21 heavy (non-hydrogen) atoms. The Morgan fingerprint density at radius 3 is 2.48 bits per heavy atom. The van der Waals surface area contributed by atoms with Crippen molar-refractivity contribution in [1.29, 1.82) is 0 Å². The summed E-state index contributed by atoms with van der Waals surface area (Å²) in [6.07, 6.45) is 3.62. The molecule has 2 aromatic carbocycles. The molecule has 0 amide bonds. The first-order chi connectivity index (χ1) is 10.2. The van der Waals surface area contributed by atoms with E-state index in [0.717, 1.165) is 29.3 Å². The summed E-state index contributed by atoms with van der Waals surface area (Å²) in [5, 5.41) is 9.42. The van der Waals surface area contributed by atoms with Crippen molar-refractivity contribution < 1.29 is 9.90 Å². The molecule has 1 unspecified atom stereocenters. The number of aryl methyl sites for hydroxylation is 1. The van der Waals surface area contributed by atoms with Crippen LogP contribution in [-0.2, 0) is 11.2 Å². The van der Waals surface area contributed by atoms with E-state index in [9.17, 15) is 9.90 Å². The van der Waals surface area contributed by atoms with Gasteiger partial charge in [-0.3, -0.25) is 4.79 Å². The predicted octanol–water partition coefficient (Wildman–Crippen LogP) is 5.03. The van der Waals surface area contributed by atoms with E-state index in [0.29, 0.717) is 6.42 Å². The molecule has 1 N–H and O–H groups in total. The summed E-state index contributed by atoms with van der Waals surface area (Å²) in [4.78, 5) is 11.5. The second-order valence-electron chi connectivity index (χ2n) is 5.18. The summed E-state index contributed by atoms with van der Waals surface area (Å²) >= 11 is 3.40. The molecule has 1 atom stereocenters. The quantitative estimate of drug-likeness (QED) is 0.713. The van der Waals surface area contributed by atoms with E-state index < -0.39 is 11.9 Å².